The van der Waals surface area contributed by atoms with Gasteiger partial charge in [0.05, 0.1) is 16.2 Å². The third-order valence-electron chi connectivity index (χ3n) is 4.28. The zero-order chi connectivity index (χ0) is 19.7. The Morgan fingerprint density at radius 2 is 1.67 bits per heavy atom. The van der Waals surface area contributed by atoms with E-state index >= 15 is 0 Å². The summed E-state index contributed by atoms with van der Waals surface area (Å²) in [5.74, 6) is 0.379. The summed E-state index contributed by atoms with van der Waals surface area (Å²) in [7, 11) is -3.84. The molecule has 0 radical (unpaired) electrons. The molecule has 0 unspecified atom stereocenters. The molecule has 0 spiro atoms. The van der Waals surface area contributed by atoms with Gasteiger partial charge in [-0.15, -0.1) is 5.10 Å². The van der Waals surface area contributed by atoms with Gasteiger partial charge in [-0.25, -0.2) is 8.42 Å². The van der Waals surface area contributed by atoms with Gasteiger partial charge < -0.3 is 4.74 Å². The molecule has 0 atom stereocenters. The average Bonchev–Trinajstić information content (AvgIpc) is 2.63. The van der Waals surface area contributed by atoms with Crippen LogP contribution in [0, 0.1) is 6.92 Å². The van der Waals surface area contributed by atoms with Crippen molar-refractivity contribution in [1.29, 1.82) is 0 Å². The minimum Gasteiger partial charge on any atom is -0.473 e. The van der Waals surface area contributed by atoms with E-state index in [1.54, 1.807) is 19.1 Å². The lowest BCUT2D eigenvalue weighted by atomic mass is 10.1. The first-order valence-corrected chi connectivity index (χ1v) is 9.75. The number of aryl methyl sites for hydroxylation is 1. The maximum atomic E-state index is 12.6. The van der Waals surface area contributed by atoms with Crippen molar-refractivity contribution < 1.29 is 26.3 Å². The molecule has 1 aliphatic rings. The minimum absolute atomic E-state index is 0.153. The first-order valence-electron chi connectivity index (χ1n) is 8.31. The van der Waals surface area contributed by atoms with Crippen LogP contribution in [-0.4, -0.2) is 42.1 Å². The third-order valence-corrected chi connectivity index (χ3v) is 6.19. The quantitative estimate of drug-likeness (QED) is 0.788. The van der Waals surface area contributed by atoms with Gasteiger partial charge in [0.2, 0.25) is 15.9 Å². The van der Waals surface area contributed by atoms with E-state index in [-0.39, 0.29) is 24.1 Å². The number of hydrogen-bond donors (Lipinski definition) is 0. The van der Waals surface area contributed by atoms with Crippen LogP contribution < -0.4 is 4.74 Å². The summed E-state index contributed by atoms with van der Waals surface area (Å²) in [5, 5.41) is 7.82. The zero-order valence-electron chi connectivity index (χ0n) is 14.5. The van der Waals surface area contributed by atoms with Crippen molar-refractivity contribution in [1.82, 2.24) is 14.5 Å². The lowest BCUT2D eigenvalue weighted by Gasteiger charge is -2.31. The highest BCUT2D eigenvalue weighted by Gasteiger charge is 2.33. The summed E-state index contributed by atoms with van der Waals surface area (Å²) in [6, 6.07) is 7.00. The molecule has 3 rings (SSSR count). The van der Waals surface area contributed by atoms with E-state index in [2.05, 4.69) is 10.2 Å². The maximum absolute atomic E-state index is 12.6. The van der Waals surface area contributed by atoms with Crippen LogP contribution in [0.1, 0.15) is 24.1 Å². The number of sulfonamides is 1. The summed E-state index contributed by atoms with van der Waals surface area (Å²) >= 11 is 0. The van der Waals surface area contributed by atoms with E-state index in [1.807, 2.05) is 0 Å². The second-order valence-electron chi connectivity index (χ2n) is 6.26. The standard InChI is InChI=1S/C17H18F3N3O3S/c1-12-2-7-16(22-21-12)26-14-8-10-23(11-9-14)27(24,25)15-5-3-13(4-6-15)17(18,19)20/h2-7,14H,8-11H2,1H3. The molecule has 6 nitrogen and oxygen atoms in total. The predicted octanol–water partition coefficient (Wildman–Crippen LogP) is 3.04. The van der Waals surface area contributed by atoms with Gasteiger partial charge in [0.15, 0.2) is 0 Å². The highest BCUT2D eigenvalue weighted by atomic mass is 32.2. The van der Waals surface area contributed by atoms with Gasteiger partial charge in [0.25, 0.3) is 0 Å². The molecule has 0 bridgehead atoms. The Hall–Kier alpha value is -2.20. The topological polar surface area (TPSA) is 72.4 Å². The first kappa shape index (κ1) is 19.6. The van der Waals surface area contributed by atoms with E-state index in [0.717, 1.165) is 30.0 Å². The lowest BCUT2D eigenvalue weighted by molar-refractivity contribution is -0.137. The number of nitrogens with zero attached hydrogens (tertiary/aromatic N) is 3. The molecule has 2 aromatic rings. The molecule has 0 aliphatic carbocycles. The van der Waals surface area contributed by atoms with Gasteiger partial charge in [-0.2, -0.15) is 22.6 Å². The van der Waals surface area contributed by atoms with Crippen molar-refractivity contribution in [2.24, 2.45) is 0 Å². The number of hydrogen-bond acceptors (Lipinski definition) is 5. The fourth-order valence-electron chi connectivity index (χ4n) is 2.78. The molecule has 0 N–H and O–H groups in total. The minimum atomic E-state index is -4.50. The Morgan fingerprint density at radius 3 is 2.19 bits per heavy atom. The van der Waals surface area contributed by atoms with Crippen molar-refractivity contribution in [3.63, 3.8) is 0 Å². The zero-order valence-corrected chi connectivity index (χ0v) is 15.3. The summed E-state index contributed by atoms with van der Waals surface area (Å²) < 4.78 is 70.1. The maximum Gasteiger partial charge on any atom is 0.416 e. The lowest BCUT2D eigenvalue weighted by Crippen LogP contribution is -2.41. The molecule has 146 valence electrons. The number of ether oxygens (including phenoxy) is 1. The second-order valence-corrected chi connectivity index (χ2v) is 8.19. The van der Waals surface area contributed by atoms with Gasteiger partial charge in [0, 0.05) is 19.2 Å². The largest absolute Gasteiger partial charge is 0.473 e. The summed E-state index contributed by atoms with van der Waals surface area (Å²) in [4.78, 5) is -0.153. The molecule has 1 aliphatic heterocycles. The number of alkyl halides is 3. The van der Waals surface area contributed by atoms with E-state index in [4.69, 9.17) is 4.74 Å². The van der Waals surface area contributed by atoms with Gasteiger partial charge in [-0.1, -0.05) is 0 Å². The van der Waals surface area contributed by atoms with E-state index in [9.17, 15) is 21.6 Å². The molecule has 27 heavy (non-hydrogen) atoms. The first-order chi connectivity index (χ1) is 12.7. The molecule has 0 amide bonds. The van der Waals surface area contributed by atoms with Crippen LogP contribution in [0.3, 0.4) is 0 Å². The summed E-state index contributed by atoms with van der Waals surface area (Å²) in [6.07, 6.45) is -3.79. The van der Waals surface area contributed by atoms with Crippen molar-refractivity contribution in [3.05, 3.63) is 47.7 Å². The van der Waals surface area contributed by atoms with Crippen LogP contribution in [0.2, 0.25) is 0 Å². The Kier molecular flexibility index (Phi) is 5.38. The Labute approximate surface area is 155 Å². The summed E-state index contributed by atoms with van der Waals surface area (Å²) in [5.41, 5.74) is -0.118. The van der Waals surface area contributed by atoms with Crippen molar-refractivity contribution in [3.8, 4) is 5.88 Å². The molecule has 1 aromatic heterocycles. The van der Waals surface area contributed by atoms with E-state index < -0.39 is 21.8 Å². The van der Waals surface area contributed by atoms with Crippen LogP contribution >= 0.6 is 0 Å². The molecule has 2 heterocycles. The third kappa shape index (κ3) is 4.56. The van der Waals surface area contributed by atoms with Gasteiger partial charge in [-0.3, -0.25) is 0 Å². The Morgan fingerprint density at radius 1 is 1.04 bits per heavy atom. The Bertz CT molecular complexity index is 876. The molecule has 1 aromatic carbocycles. The van der Waals surface area contributed by atoms with Gasteiger partial charge in [0.1, 0.15) is 6.10 Å². The molecular formula is C17H18F3N3O3S. The smallest absolute Gasteiger partial charge is 0.416 e. The molecule has 1 fully saturated rings. The van der Waals surface area contributed by atoms with Crippen LogP contribution in [0.4, 0.5) is 13.2 Å². The highest BCUT2D eigenvalue weighted by Crippen LogP contribution is 2.30. The normalized spacial score (nSPS) is 17.0. The van der Waals surface area contributed by atoms with Crippen LogP contribution in [0.15, 0.2) is 41.3 Å². The number of rotatable bonds is 4. The molecule has 1 saturated heterocycles. The second kappa shape index (κ2) is 7.43. The monoisotopic (exact) mass is 401 g/mol. The number of halogens is 3. The van der Waals surface area contributed by atoms with Gasteiger partial charge in [-0.05, 0) is 50.1 Å². The van der Waals surface area contributed by atoms with Crippen LogP contribution in [0.25, 0.3) is 0 Å². The predicted molar refractivity (Wildman–Crippen MR) is 90.6 cm³/mol. The summed E-state index contributed by atoms with van der Waals surface area (Å²) in [6.45, 7) is 2.24. The van der Waals surface area contributed by atoms with Crippen LogP contribution in [-0.2, 0) is 16.2 Å². The van der Waals surface area contributed by atoms with Gasteiger partial charge >= 0.3 is 6.18 Å². The fourth-order valence-corrected chi connectivity index (χ4v) is 4.25. The SMILES string of the molecule is Cc1ccc(OC2CCN(S(=O)(=O)c3ccc(C(F)(F)F)cc3)CC2)nn1. The number of benzene rings is 1. The van der Waals surface area contributed by atoms with E-state index in [1.165, 1.54) is 4.31 Å². The fraction of sp³-hybridized carbons (Fsp3) is 0.412. The highest BCUT2D eigenvalue weighted by molar-refractivity contribution is 7.89. The average molecular weight is 401 g/mol. The van der Waals surface area contributed by atoms with Crippen molar-refractivity contribution in [2.45, 2.75) is 36.9 Å². The molecule has 10 heteroatoms. The van der Waals surface area contributed by atoms with Crippen molar-refractivity contribution >= 4 is 10.0 Å². The number of aromatic nitrogens is 2. The molecule has 0 saturated carbocycles. The van der Waals surface area contributed by atoms with Crippen LogP contribution in [0.5, 0.6) is 5.88 Å². The van der Waals surface area contributed by atoms with E-state index in [0.29, 0.717) is 18.7 Å². The number of piperidine rings is 1. The molecular weight excluding hydrogens is 383 g/mol. The Balaban J connectivity index is 1.63. The van der Waals surface area contributed by atoms with Crippen molar-refractivity contribution in [2.75, 3.05) is 13.1 Å².